The lowest BCUT2D eigenvalue weighted by atomic mass is 10.2. The molecule has 0 spiro atoms. The van der Waals surface area contributed by atoms with E-state index in [0.29, 0.717) is 5.02 Å². The van der Waals surface area contributed by atoms with Gasteiger partial charge in [-0.2, -0.15) is 0 Å². The second-order valence-corrected chi connectivity index (χ2v) is 3.97. The summed E-state index contributed by atoms with van der Waals surface area (Å²) in [5.74, 6) is -1.59. The van der Waals surface area contributed by atoms with Crippen LogP contribution in [0, 0.1) is 6.92 Å². The van der Waals surface area contributed by atoms with E-state index in [2.05, 4.69) is 9.47 Å². The Balaban J connectivity index is 3.07. The van der Waals surface area contributed by atoms with Gasteiger partial charge in [0.25, 0.3) is 0 Å². The van der Waals surface area contributed by atoms with E-state index in [-0.39, 0.29) is 11.5 Å². The Morgan fingerprint density at radius 3 is 2.47 bits per heavy atom. The number of carbonyl (C=O) groups is 2. The van der Waals surface area contributed by atoms with Gasteiger partial charge in [-0.05, 0) is 24.6 Å². The fourth-order valence-corrected chi connectivity index (χ4v) is 1.36. The Morgan fingerprint density at radius 1 is 1.21 bits per heavy atom. The zero-order valence-electron chi connectivity index (χ0n) is 10.7. The molecule has 0 saturated heterocycles. The van der Waals surface area contributed by atoms with Gasteiger partial charge < -0.3 is 14.2 Å². The monoisotopic (exact) mass is 284 g/mol. The summed E-state index contributed by atoms with van der Waals surface area (Å²) in [6.45, 7) is 1.84. The van der Waals surface area contributed by atoms with Crippen LogP contribution in [0.2, 0.25) is 5.02 Å². The van der Waals surface area contributed by atoms with Crippen molar-refractivity contribution in [1.82, 2.24) is 0 Å². The Kier molecular flexibility index (Phi) is 5.38. The second-order valence-electron chi connectivity index (χ2n) is 3.56. The first kappa shape index (κ1) is 15.0. The Hall–Kier alpha value is -2.01. The standard InChI is InChI=1S/C13H13ClO5/c1-8-4-5-9(14)10(6-8)19-11(13(16)18-3)7-12(15)17-2/h4-7H,1-3H3. The largest absolute Gasteiger partial charge is 0.466 e. The molecule has 102 valence electrons. The van der Waals surface area contributed by atoms with Crippen molar-refractivity contribution in [2.75, 3.05) is 14.2 Å². The Morgan fingerprint density at radius 2 is 1.89 bits per heavy atom. The lowest BCUT2D eigenvalue weighted by molar-refractivity contribution is -0.140. The molecule has 1 aromatic carbocycles. The van der Waals surface area contributed by atoms with Crippen molar-refractivity contribution >= 4 is 23.5 Å². The van der Waals surface area contributed by atoms with Crippen molar-refractivity contribution in [3.63, 3.8) is 0 Å². The van der Waals surface area contributed by atoms with Gasteiger partial charge >= 0.3 is 11.9 Å². The van der Waals surface area contributed by atoms with Crippen molar-refractivity contribution in [2.24, 2.45) is 0 Å². The van der Waals surface area contributed by atoms with Crippen LogP contribution in [0.1, 0.15) is 5.56 Å². The van der Waals surface area contributed by atoms with Crippen molar-refractivity contribution in [3.05, 3.63) is 40.6 Å². The van der Waals surface area contributed by atoms with Crippen LogP contribution in [0.3, 0.4) is 0 Å². The zero-order chi connectivity index (χ0) is 14.4. The number of ether oxygens (including phenoxy) is 3. The maximum atomic E-state index is 11.5. The topological polar surface area (TPSA) is 61.8 Å². The first-order valence-corrected chi connectivity index (χ1v) is 5.67. The molecule has 0 aliphatic heterocycles. The Bertz CT molecular complexity index is 522. The fraction of sp³-hybridized carbons (Fsp3) is 0.231. The van der Waals surface area contributed by atoms with Crippen LogP contribution in [-0.4, -0.2) is 26.2 Å². The van der Waals surface area contributed by atoms with Crippen molar-refractivity contribution < 1.29 is 23.8 Å². The molecule has 1 rings (SSSR count). The van der Waals surface area contributed by atoms with Crippen molar-refractivity contribution in [3.8, 4) is 5.75 Å². The average Bonchev–Trinajstić information content (AvgIpc) is 2.40. The molecule has 0 N–H and O–H groups in total. The zero-order valence-corrected chi connectivity index (χ0v) is 11.5. The molecule has 0 saturated carbocycles. The summed E-state index contributed by atoms with van der Waals surface area (Å²) in [4.78, 5) is 22.7. The van der Waals surface area contributed by atoms with Gasteiger partial charge in [-0.25, -0.2) is 9.59 Å². The molecule has 0 amide bonds. The van der Waals surface area contributed by atoms with Crippen molar-refractivity contribution in [2.45, 2.75) is 6.92 Å². The number of hydrogen-bond donors (Lipinski definition) is 0. The smallest absolute Gasteiger partial charge is 0.374 e. The average molecular weight is 285 g/mol. The predicted octanol–water partition coefficient (Wildman–Crippen LogP) is 2.26. The molecular formula is C13H13ClO5. The van der Waals surface area contributed by atoms with Crippen LogP contribution in [0.4, 0.5) is 0 Å². The van der Waals surface area contributed by atoms with E-state index in [4.69, 9.17) is 16.3 Å². The number of hydrogen-bond acceptors (Lipinski definition) is 5. The highest BCUT2D eigenvalue weighted by atomic mass is 35.5. The van der Waals surface area contributed by atoms with Gasteiger partial charge in [0.05, 0.1) is 25.3 Å². The number of halogens is 1. The number of rotatable bonds is 4. The molecule has 0 aromatic heterocycles. The minimum atomic E-state index is -0.803. The summed E-state index contributed by atoms with van der Waals surface area (Å²) < 4.78 is 14.3. The molecule has 19 heavy (non-hydrogen) atoms. The number of methoxy groups -OCH3 is 2. The molecule has 6 heteroatoms. The first-order chi connectivity index (χ1) is 8.97. The molecule has 0 heterocycles. The lowest BCUT2D eigenvalue weighted by Gasteiger charge is -2.10. The molecule has 0 radical (unpaired) electrons. The maximum absolute atomic E-state index is 11.5. The summed E-state index contributed by atoms with van der Waals surface area (Å²) in [6, 6.07) is 5.05. The lowest BCUT2D eigenvalue weighted by Crippen LogP contribution is -2.13. The predicted molar refractivity (Wildman–Crippen MR) is 68.9 cm³/mol. The fourth-order valence-electron chi connectivity index (χ4n) is 1.20. The maximum Gasteiger partial charge on any atom is 0.374 e. The molecule has 0 aliphatic rings. The van der Waals surface area contributed by atoms with E-state index in [0.717, 1.165) is 11.6 Å². The molecular weight excluding hydrogens is 272 g/mol. The van der Waals surface area contributed by atoms with Crippen LogP contribution in [0.5, 0.6) is 5.75 Å². The highest BCUT2D eigenvalue weighted by Gasteiger charge is 2.16. The van der Waals surface area contributed by atoms with Gasteiger partial charge in [-0.3, -0.25) is 0 Å². The molecule has 1 aromatic rings. The third-order valence-electron chi connectivity index (χ3n) is 2.14. The summed E-state index contributed by atoms with van der Waals surface area (Å²) in [6.07, 6.45) is 0.893. The van der Waals surface area contributed by atoms with Gasteiger partial charge in [-0.1, -0.05) is 17.7 Å². The molecule has 5 nitrogen and oxygen atoms in total. The highest BCUT2D eigenvalue weighted by Crippen LogP contribution is 2.27. The minimum absolute atomic E-state index is 0.252. The van der Waals surface area contributed by atoms with E-state index >= 15 is 0 Å². The van der Waals surface area contributed by atoms with Crippen molar-refractivity contribution in [1.29, 1.82) is 0 Å². The number of esters is 2. The van der Waals surface area contributed by atoms with Crippen LogP contribution >= 0.6 is 11.6 Å². The quantitative estimate of drug-likeness (QED) is 0.482. The van der Waals surface area contributed by atoms with Gasteiger partial charge in [0.2, 0.25) is 5.76 Å². The highest BCUT2D eigenvalue weighted by molar-refractivity contribution is 6.32. The molecule has 0 fully saturated rings. The number of benzene rings is 1. The van der Waals surface area contributed by atoms with E-state index in [1.54, 1.807) is 18.2 Å². The number of aryl methyl sites for hydroxylation is 1. The summed E-state index contributed by atoms with van der Waals surface area (Å²) in [5.41, 5.74) is 0.890. The first-order valence-electron chi connectivity index (χ1n) is 5.30. The molecule has 0 bridgehead atoms. The van der Waals surface area contributed by atoms with Crippen LogP contribution in [0.25, 0.3) is 0 Å². The van der Waals surface area contributed by atoms with Crippen LogP contribution in [-0.2, 0) is 19.1 Å². The van der Waals surface area contributed by atoms with Gasteiger partial charge in [0.1, 0.15) is 5.75 Å². The number of carbonyl (C=O) groups excluding carboxylic acids is 2. The second kappa shape index (κ2) is 6.80. The van der Waals surface area contributed by atoms with E-state index in [1.807, 2.05) is 6.92 Å². The van der Waals surface area contributed by atoms with Gasteiger partial charge in [0, 0.05) is 0 Å². The van der Waals surface area contributed by atoms with Crippen LogP contribution in [0.15, 0.2) is 30.0 Å². The van der Waals surface area contributed by atoms with Crippen LogP contribution < -0.4 is 4.74 Å². The normalized spacial score (nSPS) is 10.8. The Labute approximate surface area is 115 Å². The van der Waals surface area contributed by atoms with Gasteiger partial charge in [0.15, 0.2) is 0 Å². The van der Waals surface area contributed by atoms with E-state index in [1.165, 1.54) is 14.2 Å². The third kappa shape index (κ3) is 4.30. The third-order valence-corrected chi connectivity index (χ3v) is 2.46. The summed E-state index contributed by atoms with van der Waals surface area (Å²) in [7, 11) is 2.36. The van der Waals surface area contributed by atoms with E-state index < -0.39 is 11.9 Å². The summed E-state index contributed by atoms with van der Waals surface area (Å²) in [5, 5.41) is 0.310. The van der Waals surface area contributed by atoms with Gasteiger partial charge in [-0.15, -0.1) is 0 Å². The minimum Gasteiger partial charge on any atom is -0.466 e. The SMILES string of the molecule is COC(=O)C=C(Oc1cc(C)ccc1Cl)C(=O)OC. The molecule has 0 aliphatic carbocycles. The van der Waals surface area contributed by atoms with E-state index in [9.17, 15) is 9.59 Å². The summed E-state index contributed by atoms with van der Waals surface area (Å²) >= 11 is 5.94. The molecule has 0 unspecified atom stereocenters. The molecule has 0 atom stereocenters.